The molecule has 0 spiro atoms. The first-order valence-electron chi connectivity index (χ1n) is 7.65. The molecule has 1 N–H and O–H groups in total. The highest BCUT2D eigenvalue weighted by atomic mass is 35.5. The molecule has 2 aliphatic heterocycles. The molecule has 2 aliphatic rings. The molecule has 1 aromatic carbocycles. The Hall–Kier alpha value is -0.680. The lowest BCUT2D eigenvalue weighted by atomic mass is 9.99. The van der Waals surface area contributed by atoms with E-state index < -0.39 is 0 Å². The van der Waals surface area contributed by atoms with Gasteiger partial charge >= 0.3 is 0 Å². The summed E-state index contributed by atoms with van der Waals surface area (Å²) in [7, 11) is 1.93. The summed E-state index contributed by atoms with van der Waals surface area (Å²) in [5.41, 5.74) is 0.836. The summed E-state index contributed by atoms with van der Waals surface area (Å²) < 4.78 is 19.6. The van der Waals surface area contributed by atoms with Crippen molar-refractivity contribution in [3.05, 3.63) is 34.6 Å². The molecule has 1 aromatic rings. The van der Waals surface area contributed by atoms with Crippen LogP contribution in [0.15, 0.2) is 18.2 Å². The van der Waals surface area contributed by atoms with E-state index in [1.807, 2.05) is 13.1 Å². The Labute approximate surface area is 130 Å². The van der Waals surface area contributed by atoms with Crippen LogP contribution in [0.3, 0.4) is 0 Å². The molecule has 0 bridgehead atoms. The van der Waals surface area contributed by atoms with Crippen molar-refractivity contribution in [2.45, 2.75) is 37.5 Å². The Balaban J connectivity index is 1.69. The normalized spacial score (nSPS) is 27.6. The molecule has 0 amide bonds. The summed E-state index contributed by atoms with van der Waals surface area (Å²) in [6, 6.07) is 5.73. The maximum Gasteiger partial charge on any atom is 0.142 e. The van der Waals surface area contributed by atoms with Gasteiger partial charge < -0.3 is 10.1 Å². The third kappa shape index (κ3) is 3.24. The molecule has 116 valence electrons. The van der Waals surface area contributed by atoms with Crippen molar-refractivity contribution >= 4 is 11.6 Å². The van der Waals surface area contributed by atoms with Crippen LogP contribution in [0.25, 0.3) is 0 Å². The predicted molar refractivity (Wildman–Crippen MR) is 82.3 cm³/mol. The van der Waals surface area contributed by atoms with Gasteiger partial charge in [-0.25, -0.2) is 4.39 Å². The van der Waals surface area contributed by atoms with Crippen LogP contribution in [0.5, 0.6) is 0 Å². The predicted octanol–water partition coefficient (Wildman–Crippen LogP) is 2.47. The second kappa shape index (κ2) is 6.61. The Morgan fingerprint density at radius 3 is 3.19 bits per heavy atom. The van der Waals surface area contributed by atoms with Gasteiger partial charge in [0.2, 0.25) is 0 Å². The van der Waals surface area contributed by atoms with E-state index in [0.29, 0.717) is 12.5 Å². The molecule has 2 heterocycles. The van der Waals surface area contributed by atoms with Crippen LogP contribution in [0.4, 0.5) is 4.39 Å². The zero-order valence-electron chi connectivity index (χ0n) is 12.3. The average Bonchev–Trinajstić information content (AvgIpc) is 2.96. The van der Waals surface area contributed by atoms with Gasteiger partial charge in [-0.05, 0) is 44.5 Å². The number of halogens is 2. The fourth-order valence-electron chi connectivity index (χ4n) is 3.45. The number of benzene rings is 1. The van der Waals surface area contributed by atoms with Crippen molar-refractivity contribution in [1.82, 2.24) is 10.2 Å². The van der Waals surface area contributed by atoms with Gasteiger partial charge in [0.1, 0.15) is 5.82 Å². The molecule has 3 atom stereocenters. The molecule has 0 radical (unpaired) electrons. The van der Waals surface area contributed by atoms with Crippen molar-refractivity contribution in [2.24, 2.45) is 0 Å². The fourth-order valence-corrected chi connectivity index (χ4v) is 3.65. The first-order valence-corrected chi connectivity index (χ1v) is 8.02. The second-order valence-corrected chi connectivity index (χ2v) is 6.35. The van der Waals surface area contributed by atoms with E-state index in [4.69, 9.17) is 16.3 Å². The van der Waals surface area contributed by atoms with Crippen molar-refractivity contribution in [1.29, 1.82) is 0 Å². The minimum atomic E-state index is -0.354. The van der Waals surface area contributed by atoms with Crippen molar-refractivity contribution in [2.75, 3.05) is 26.7 Å². The monoisotopic (exact) mass is 312 g/mol. The number of nitrogens with one attached hydrogen (secondary N) is 1. The largest absolute Gasteiger partial charge is 0.374 e. The van der Waals surface area contributed by atoms with E-state index in [9.17, 15) is 4.39 Å². The van der Waals surface area contributed by atoms with Crippen LogP contribution < -0.4 is 5.32 Å². The lowest BCUT2D eigenvalue weighted by molar-refractivity contribution is -0.0634. The zero-order chi connectivity index (χ0) is 14.8. The molecule has 21 heavy (non-hydrogen) atoms. The van der Waals surface area contributed by atoms with Crippen molar-refractivity contribution in [3.63, 3.8) is 0 Å². The Morgan fingerprint density at radius 2 is 2.38 bits per heavy atom. The third-order valence-corrected chi connectivity index (χ3v) is 5.13. The van der Waals surface area contributed by atoms with Gasteiger partial charge in [0.25, 0.3) is 0 Å². The number of nitrogens with zero attached hydrogens (tertiary/aromatic N) is 1. The number of morpholine rings is 1. The minimum absolute atomic E-state index is 0.128. The Morgan fingerprint density at radius 1 is 1.52 bits per heavy atom. The van der Waals surface area contributed by atoms with Gasteiger partial charge in [0.15, 0.2) is 0 Å². The van der Waals surface area contributed by atoms with Crippen LogP contribution in [0.2, 0.25) is 5.02 Å². The number of hydrogen-bond donors (Lipinski definition) is 1. The van der Waals surface area contributed by atoms with Gasteiger partial charge in [-0.15, -0.1) is 0 Å². The number of fused-ring (bicyclic) bond motifs is 1. The maximum atomic E-state index is 13.6. The lowest BCUT2D eigenvalue weighted by Gasteiger charge is -2.39. The number of hydrogen-bond acceptors (Lipinski definition) is 3. The molecule has 2 saturated heterocycles. The molecule has 0 saturated carbocycles. The standard InChI is InChI=1S/C16H22ClFN2O/c1-19-14(8-11-4-2-6-13(18)16(11)17)15-9-20-7-3-5-12(20)10-21-15/h2,4,6,12,14-15,19H,3,5,7-10H2,1H3. The summed E-state index contributed by atoms with van der Waals surface area (Å²) >= 11 is 6.07. The highest BCUT2D eigenvalue weighted by Crippen LogP contribution is 2.26. The van der Waals surface area contributed by atoms with Crippen molar-refractivity contribution < 1.29 is 9.13 Å². The summed E-state index contributed by atoms with van der Waals surface area (Å²) in [4.78, 5) is 2.52. The topological polar surface area (TPSA) is 24.5 Å². The molecular formula is C16H22ClFN2O. The SMILES string of the molecule is CNC(Cc1cccc(F)c1Cl)C1CN2CCCC2CO1. The summed E-state index contributed by atoms with van der Waals surface area (Å²) in [5.74, 6) is -0.354. The smallest absolute Gasteiger partial charge is 0.142 e. The first kappa shape index (κ1) is 15.2. The molecule has 3 unspecified atom stereocenters. The molecular weight excluding hydrogens is 291 g/mol. The second-order valence-electron chi connectivity index (χ2n) is 5.98. The van der Waals surface area contributed by atoms with Gasteiger partial charge in [0.05, 0.1) is 17.7 Å². The fraction of sp³-hybridized carbons (Fsp3) is 0.625. The number of likely N-dealkylation sites (N-methyl/N-ethyl adjacent to an activating group) is 1. The van der Waals surface area contributed by atoms with E-state index >= 15 is 0 Å². The lowest BCUT2D eigenvalue weighted by Crippen LogP contribution is -2.54. The average molecular weight is 313 g/mol. The van der Waals surface area contributed by atoms with Gasteiger partial charge in [0, 0.05) is 18.6 Å². The maximum absolute atomic E-state index is 13.6. The Bertz CT molecular complexity index is 499. The highest BCUT2D eigenvalue weighted by Gasteiger charge is 2.35. The third-order valence-electron chi connectivity index (χ3n) is 4.71. The van der Waals surface area contributed by atoms with Gasteiger partial charge in [-0.3, -0.25) is 4.90 Å². The minimum Gasteiger partial charge on any atom is -0.374 e. The van der Waals surface area contributed by atoms with Crippen LogP contribution in [-0.4, -0.2) is 49.8 Å². The van der Waals surface area contributed by atoms with Crippen LogP contribution in [0, 0.1) is 5.82 Å². The first-order chi connectivity index (χ1) is 10.2. The van der Waals surface area contributed by atoms with E-state index in [-0.39, 0.29) is 23.0 Å². The molecule has 3 nitrogen and oxygen atoms in total. The summed E-state index contributed by atoms with van der Waals surface area (Å²) in [6.45, 7) is 2.92. The van der Waals surface area contributed by atoms with Crippen molar-refractivity contribution in [3.8, 4) is 0 Å². The van der Waals surface area contributed by atoms with Crippen LogP contribution in [-0.2, 0) is 11.2 Å². The Kier molecular flexibility index (Phi) is 4.79. The quantitative estimate of drug-likeness (QED) is 0.924. The molecule has 3 rings (SSSR count). The van der Waals surface area contributed by atoms with E-state index in [1.165, 1.54) is 25.5 Å². The van der Waals surface area contributed by atoms with Crippen LogP contribution >= 0.6 is 11.6 Å². The molecule has 0 aliphatic carbocycles. The number of rotatable bonds is 4. The zero-order valence-corrected chi connectivity index (χ0v) is 13.1. The van der Waals surface area contributed by atoms with Crippen LogP contribution in [0.1, 0.15) is 18.4 Å². The molecule has 5 heteroatoms. The van der Waals surface area contributed by atoms with Gasteiger partial charge in [-0.1, -0.05) is 23.7 Å². The molecule has 0 aromatic heterocycles. The molecule has 2 fully saturated rings. The van der Waals surface area contributed by atoms with Gasteiger partial charge in [-0.2, -0.15) is 0 Å². The van der Waals surface area contributed by atoms with E-state index in [2.05, 4.69) is 10.2 Å². The number of ether oxygens (including phenoxy) is 1. The van der Waals surface area contributed by atoms with E-state index in [0.717, 1.165) is 18.7 Å². The van der Waals surface area contributed by atoms with E-state index in [1.54, 1.807) is 6.07 Å². The highest BCUT2D eigenvalue weighted by molar-refractivity contribution is 6.31. The summed E-state index contributed by atoms with van der Waals surface area (Å²) in [6.07, 6.45) is 3.31. The summed E-state index contributed by atoms with van der Waals surface area (Å²) in [5, 5.41) is 3.54.